The van der Waals surface area contributed by atoms with Crippen molar-refractivity contribution in [1.29, 1.82) is 0 Å². The SMILES string of the molecule is CN(C(=O)CN1CSCC1=O)C1CCNC1.Cl. The highest BCUT2D eigenvalue weighted by molar-refractivity contribution is 8.00. The largest absolute Gasteiger partial charge is 0.340 e. The molecule has 0 spiro atoms. The standard InChI is InChI=1S/C10H17N3O2S.ClH/c1-12(8-2-3-11-4-8)9(14)5-13-7-16-6-10(13)15;/h8,11H,2-7H2,1H3;1H. The molecule has 0 saturated carbocycles. The van der Waals surface area contributed by atoms with E-state index < -0.39 is 0 Å². The van der Waals surface area contributed by atoms with E-state index in [2.05, 4.69) is 5.32 Å². The Morgan fingerprint density at radius 2 is 2.41 bits per heavy atom. The zero-order valence-electron chi connectivity index (χ0n) is 9.85. The summed E-state index contributed by atoms with van der Waals surface area (Å²) in [6, 6.07) is 0.290. The summed E-state index contributed by atoms with van der Waals surface area (Å²) < 4.78 is 0. The molecule has 2 aliphatic heterocycles. The molecular weight excluding hydrogens is 262 g/mol. The fourth-order valence-electron chi connectivity index (χ4n) is 1.99. The van der Waals surface area contributed by atoms with Crippen molar-refractivity contribution in [2.75, 3.05) is 38.3 Å². The number of hydrogen-bond donors (Lipinski definition) is 1. The van der Waals surface area contributed by atoms with E-state index in [0.29, 0.717) is 11.6 Å². The summed E-state index contributed by atoms with van der Waals surface area (Å²) >= 11 is 1.57. The molecule has 17 heavy (non-hydrogen) atoms. The Hall–Kier alpha value is -0.460. The minimum atomic E-state index is 0. The Balaban J connectivity index is 0.00000144. The second-order valence-electron chi connectivity index (χ2n) is 4.22. The lowest BCUT2D eigenvalue weighted by Crippen LogP contribution is -2.44. The van der Waals surface area contributed by atoms with Crippen molar-refractivity contribution in [3.63, 3.8) is 0 Å². The molecule has 98 valence electrons. The second-order valence-corrected chi connectivity index (χ2v) is 5.18. The van der Waals surface area contributed by atoms with Gasteiger partial charge in [-0.05, 0) is 13.0 Å². The molecule has 2 heterocycles. The molecule has 7 heteroatoms. The number of rotatable bonds is 3. The maximum absolute atomic E-state index is 11.9. The van der Waals surface area contributed by atoms with Gasteiger partial charge in [-0.2, -0.15) is 0 Å². The van der Waals surface area contributed by atoms with Gasteiger partial charge < -0.3 is 15.1 Å². The third-order valence-electron chi connectivity index (χ3n) is 3.13. The minimum absolute atomic E-state index is 0. The molecule has 0 radical (unpaired) electrons. The molecule has 0 aromatic rings. The molecular formula is C10H18ClN3O2S. The molecule has 1 atom stereocenters. The summed E-state index contributed by atoms with van der Waals surface area (Å²) in [7, 11) is 1.83. The Morgan fingerprint density at radius 1 is 1.65 bits per heavy atom. The Kier molecular flexibility index (Phi) is 5.55. The van der Waals surface area contributed by atoms with Crippen molar-refractivity contribution in [1.82, 2.24) is 15.1 Å². The zero-order chi connectivity index (χ0) is 11.5. The first kappa shape index (κ1) is 14.6. The lowest BCUT2D eigenvalue weighted by Gasteiger charge is -2.26. The molecule has 0 aromatic heterocycles. The van der Waals surface area contributed by atoms with Crippen molar-refractivity contribution >= 4 is 36.0 Å². The molecule has 0 bridgehead atoms. The van der Waals surface area contributed by atoms with Gasteiger partial charge in [-0.3, -0.25) is 9.59 Å². The molecule has 2 amide bonds. The first-order chi connectivity index (χ1) is 7.68. The average Bonchev–Trinajstić information content (AvgIpc) is 2.89. The van der Waals surface area contributed by atoms with Crippen LogP contribution in [0.5, 0.6) is 0 Å². The molecule has 2 aliphatic rings. The van der Waals surface area contributed by atoms with Crippen LogP contribution in [0, 0.1) is 0 Å². The summed E-state index contributed by atoms with van der Waals surface area (Å²) in [6.45, 7) is 2.07. The van der Waals surface area contributed by atoms with Crippen molar-refractivity contribution in [2.24, 2.45) is 0 Å². The summed E-state index contributed by atoms with van der Waals surface area (Å²) in [5.41, 5.74) is 0. The smallest absolute Gasteiger partial charge is 0.242 e. The third kappa shape index (κ3) is 3.50. The van der Waals surface area contributed by atoms with E-state index in [4.69, 9.17) is 0 Å². The highest BCUT2D eigenvalue weighted by Crippen LogP contribution is 2.15. The predicted octanol–water partition coefficient (Wildman–Crippen LogP) is -0.239. The third-order valence-corrected chi connectivity index (χ3v) is 4.07. The topological polar surface area (TPSA) is 52.7 Å². The molecule has 2 fully saturated rings. The van der Waals surface area contributed by atoms with Gasteiger partial charge in [0.25, 0.3) is 0 Å². The van der Waals surface area contributed by atoms with Crippen LogP contribution in [-0.4, -0.2) is 66.0 Å². The van der Waals surface area contributed by atoms with E-state index >= 15 is 0 Å². The Morgan fingerprint density at radius 3 is 2.94 bits per heavy atom. The van der Waals surface area contributed by atoms with E-state index in [1.54, 1.807) is 21.6 Å². The number of carbonyl (C=O) groups is 2. The lowest BCUT2D eigenvalue weighted by molar-refractivity contribution is -0.138. The first-order valence-corrected chi connectivity index (χ1v) is 6.66. The van der Waals surface area contributed by atoms with E-state index in [-0.39, 0.29) is 36.8 Å². The monoisotopic (exact) mass is 279 g/mol. The van der Waals surface area contributed by atoms with Gasteiger partial charge in [0.15, 0.2) is 0 Å². The fourth-order valence-corrected chi connectivity index (χ4v) is 2.89. The Bertz CT molecular complexity index is 297. The van der Waals surface area contributed by atoms with Crippen LogP contribution in [0.1, 0.15) is 6.42 Å². The normalized spacial score (nSPS) is 23.7. The number of likely N-dealkylation sites (N-methyl/N-ethyl adjacent to an activating group) is 1. The first-order valence-electron chi connectivity index (χ1n) is 5.50. The molecule has 2 rings (SSSR count). The highest BCUT2D eigenvalue weighted by Gasteiger charge is 2.27. The van der Waals surface area contributed by atoms with Crippen molar-refractivity contribution in [3.8, 4) is 0 Å². The van der Waals surface area contributed by atoms with Crippen LogP contribution in [0.3, 0.4) is 0 Å². The van der Waals surface area contributed by atoms with E-state index in [1.807, 2.05) is 7.05 Å². The summed E-state index contributed by atoms with van der Waals surface area (Å²) in [4.78, 5) is 26.7. The van der Waals surface area contributed by atoms with Crippen molar-refractivity contribution in [2.45, 2.75) is 12.5 Å². The summed E-state index contributed by atoms with van der Waals surface area (Å²) in [5, 5.41) is 3.23. The van der Waals surface area contributed by atoms with E-state index in [9.17, 15) is 9.59 Å². The van der Waals surface area contributed by atoms with Crippen LogP contribution in [-0.2, 0) is 9.59 Å². The number of carbonyl (C=O) groups excluding carboxylic acids is 2. The number of nitrogens with one attached hydrogen (secondary N) is 1. The quantitative estimate of drug-likeness (QED) is 0.775. The number of nitrogens with zero attached hydrogens (tertiary/aromatic N) is 2. The molecule has 1 unspecified atom stereocenters. The van der Waals surface area contributed by atoms with Crippen molar-refractivity contribution < 1.29 is 9.59 Å². The summed E-state index contributed by atoms with van der Waals surface area (Å²) in [5.74, 6) is 1.30. The van der Waals surface area contributed by atoms with Gasteiger partial charge in [-0.15, -0.1) is 24.2 Å². The van der Waals surface area contributed by atoms with Gasteiger partial charge in [0.05, 0.1) is 11.6 Å². The van der Waals surface area contributed by atoms with Gasteiger partial charge in [-0.1, -0.05) is 0 Å². The number of halogens is 1. The van der Waals surface area contributed by atoms with Crippen LogP contribution in [0.4, 0.5) is 0 Å². The number of hydrogen-bond acceptors (Lipinski definition) is 4. The highest BCUT2D eigenvalue weighted by atomic mass is 35.5. The molecule has 2 saturated heterocycles. The van der Waals surface area contributed by atoms with Gasteiger partial charge >= 0.3 is 0 Å². The molecule has 0 aromatic carbocycles. The Labute approximate surface area is 112 Å². The maximum Gasteiger partial charge on any atom is 0.242 e. The van der Waals surface area contributed by atoms with E-state index in [1.165, 1.54) is 0 Å². The van der Waals surface area contributed by atoms with Crippen LogP contribution < -0.4 is 5.32 Å². The van der Waals surface area contributed by atoms with Gasteiger partial charge in [0.2, 0.25) is 11.8 Å². The van der Waals surface area contributed by atoms with Gasteiger partial charge in [0, 0.05) is 19.6 Å². The van der Waals surface area contributed by atoms with Gasteiger partial charge in [-0.25, -0.2) is 0 Å². The number of amides is 2. The van der Waals surface area contributed by atoms with Crippen LogP contribution in [0.25, 0.3) is 0 Å². The lowest BCUT2D eigenvalue weighted by atomic mass is 10.2. The zero-order valence-corrected chi connectivity index (χ0v) is 11.5. The molecule has 5 nitrogen and oxygen atoms in total. The maximum atomic E-state index is 11.9. The van der Waals surface area contributed by atoms with Crippen LogP contribution in [0.2, 0.25) is 0 Å². The average molecular weight is 280 g/mol. The fraction of sp³-hybridized carbons (Fsp3) is 0.800. The second kappa shape index (κ2) is 6.47. The molecule has 1 N–H and O–H groups in total. The van der Waals surface area contributed by atoms with Crippen LogP contribution >= 0.6 is 24.2 Å². The number of thioether (sulfide) groups is 1. The summed E-state index contributed by atoms with van der Waals surface area (Å²) in [6.07, 6.45) is 1.00. The molecule has 0 aliphatic carbocycles. The van der Waals surface area contributed by atoms with Crippen molar-refractivity contribution in [3.05, 3.63) is 0 Å². The van der Waals surface area contributed by atoms with Crippen LogP contribution in [0.15, 0.2) is 0 Å². The predicted molar refractivity (Wildman–Crippen MR) is 70.3 cm³/mol. The minimum Gasteiger partial charge on any atom is -0.340 e. The van der Waals surface area contributed by atoms with E-state index in [0.717, 1.165) is 19.5 Å². The van der Waals surface area contributed by atoms with Gasteiger partial charge in [0.1, 0.15) is 6.54 Å².